The van der Waals surface area contributed by atoms with Crippen LogP contribution >= 0.6 is 23.2 Å². The molecule has 0 aliphatic carbocycles. The summed E-state index contributed by atoms with van der Waals surface area (Å²) in [7, 11) is -4.56. The molecule has 1 aromatic carbocycles. The quantitative estimate of drug-likeness (QED) is 0.617. The van der Waals surface area contributed by atoms with Gasteiger partial charge in [-0.2, -0.15) is 28.6 Å². The highest BCUT2D eigenvalue weighted by Gasteiger charge is 2.26. The van der Waals surface area contributed by atoms with Crippen molar-refractivity contribution in [2.75, 3.05) is 16.8 Å². The van der Waals surface area contributed by atoms with Crippen molar-refractivity contribution < 1.29 is 17.4 Å². The third kappa shape index (κ3) is 6.31. The predicted octanol–water partition coefficient (Wildman–Crippen LogP) is 2.75. The maximum Gasteiger partial charge on any atom is 0.411 e. The highest BCUT2D eigenvalue weighted by Crippen LogP contribution is 2.24. The number of amides is 2. The number of urea groups is 1. The fraction of sp³-hybridized carbons (Fsp3) is 0.312. The third-order valence-corrected chi connectivity index (χ3v) is 4.66. The monoisotopic (exact) mass is 473 g/mol. The van der Waals surface area contributed by atoms with Gasteiger partial charge in [-0.05, 0) is 44.5 Å². The highest BCUT2D eigenvalue weighted by atomic mass is 35.5. The van der Waals surface area contributed by atoms with Gasteiger partial charge >= 0.3 is 16.3 Å². The molecule has 2 aromatic rings. The number of carbonyl (C=O) groups excluding carboxylic acids is 1. The van der Waals surface area contributed by atoms with Crippen LogP contribution in [0.25, 0.3) is 0 Å². The molecule has 1 aromatic heterocycles. The molecule has 2 rings (SSSR count). The topological polar surface area (TPSA) is 150 Å². The van der Waals surface area contributed by atoms with Crippen molar-refractivity contribution in [3.05, 3.63) is 34.6 Å². The number of anilines is 2. The second kappa shape index (κ2) is 9.29. The fourth-order valence-electron chi connectivity index (χ4n) is 2.01. The lowest BCUT2D eigenvalue weighted by Gasteiger charge is -2.21. The van der Waals surface area contributed by atoms with Gasteiger partial charge in [0.05, 0.1) is 11.1 Å². The SMILES string of the molecule is CCN(C(=O)NS(=O)(=O)Oc1ccccc1Cl)c1nc(Cl)nc(NC(C)(C)C#N)n1. The Morgan fingerprint density at radius 3 is 2.53 bits per heavy atom. The number of para-hydroxylation sites is 1. The normalized spacial score (nSPS) is 11.3. The van der Waals surface area contributed by atoms with Crippen LogP contribution in [0.15, 0.2) is 24.3 Å². The summed E-state index contributed by atoms with van der Waals surface area (Å²) in [6, 6.07) is 6.75. The van der Waals surface area contributed by atoms with Crippen LogP contribution in [0.2, 0.25) is 10.3 Å². The second-order valence-electron chi connectivity index (χ2n) is 6.21. The van der Waals surface area contributed by atoms with Crippen molar-refractivity contribution in [2.45, 2.75) is 26.3 Å². The van der Waals surface area contributed by atoms with Crippen LogP contribution in [0.4, 0.5) is 16.7 Å². The lowest BCUT2D eigenvalue weighted by molar-refractivity contribution is 0.250. The summed E-state index contributed by atoms with van der Waals surface area (Å²) in [5, 5.41) is 11.6. The van der Waals surface area contributed by atoms with E-state index in [4.69, 9.17) is 32.6 Å². The molecule has 0 radical (unpaired) electrons. The van der Waals surface area contributed by atoms with Crippen molar-refractivity contribution in [1.82, 2.24) is 19.7 Å². The number of hydrogen-bond acceptors (Lipinski definition) is 9. The molecule has 160 valence electrons. The molecule has 14 heteroatoms. The zero-order chi connectivity index (χ0) is 22.5. The number of aromatic nitrogens is 3. The van der Waals surface area contributed by atoms with Gasteiger partial charge < -0.3 is 9.50 Å². The van der Waals surface area contributed by atoms with Gasteiger partial charge in [0.1, 0.15) is 5.54 Å². The molecule has 0 saturated heterocycles. The Labute approximate surface area is 183 Å². The standard InChI is InChI=1S/C16H17Cl2N7O4S/c1-4-25(14-21-12(18)20-13(22-14)23-16(2,3)9-19)15(26)24-30(27,28)29-11-8-6-5-7-10(11)17/h5-8H,4H2,1-3H3,(H,24,26)(H,20,21,22,23). The van der Waals surface area contributed by atoms with Crippen LogP contribution < -0.4 is 19.1 Å². The molecule has 0 aliphatic rings. The largest absolute Gasteiger partial charge is 0.411 e. The number of nitrogens with zero attached hydrogens (tertiary/aromatic N) is 5. The molecule has 0 fully saturated rings. The van der Waals surface area contributed by atoms with Crippen LogP contribution in [0.5, 0.6) is 5.75 Å². The maximum absolute atomic E-state index is 12.5. The molecule has 0 saturated carbocycles. The van der Waals surface area contributed by atoms with Crippen molar-refractivity contribution in [3.63, 3.8) is 0 Å². The van der Waals surface area contributed by atoms with Gasteiger partial charge in [-0.3, -0.25) is 4.90 Å². The van der Waals surface area contributed by atoms with Gasteiger partial charge in [-0.1, -0.05) is 23.7 Å². The molecule has 2 amide bonds. The first kappa shape index (κ1) is 23.4. The van der Waals surface area contributed by atoms with Crippen LogP contribution in [0.3, 0.4) is 0 Å². The summed E-state index contributed by atoms with van der Waals surface area (Å²) in [5.41, 5.74) is -1.03. The van der Waals surface area contributed by atoms with Crippen molar-refractivity contribution in [3.8, 4) is 11.8 Å². The lowest BCUT2D eigenvalue weighted by atomic mass is 10.1. The minimum atomic E-state index is -4.56. The predicted molar refractivity (Wildman–Crippen MR) is 111 cm³/mol. The molecule has 0 bridgehead atoms. The third-order valence-electron chi connectivity index (χ3n) is 3.35. The Balaban J connectivity index is 2.25. The Morgan fingerprint density at radius 1 is 1.27 bits per heavy atom. The summed E-state index contributed by atoms with van der Waals surface area (Å²) in [4.78, 5) is 25.1. The summed E-state index contributed by atoms with van der Waals surface area (Å²) in [6.45, 7) is 4.70. The molecule has 0 aliphatic heterocycles. The van der Waals surface area contributed by atoms with E-state index in [0.29, 0.717) is 0 Å². The van der Waals surface area contributed by atoms with E-state index in [1.165, 1.54) is 18.2 Å². The van der Waals surface area contributed by atoms with Crippen molar-refractivity contribution in [1.29, 1.82) is 5.26 Å². The number of benzene rings is 1. The van der Waals surface area contributed by atoms with E-state index >= 15 is 0 Å². The van der Waals surface area contributed by atoms with Crippen LogP contribution in [0, 0.1) is 11.3 Å². The van der Waals surface area contributed by atoms with Gasteiger partial charge in [0, 0.05) is 6.54 Å². The molecule has 30 heavy (non-hydrogen) atoms. The molecule has 0 spiro atoms. The first-order chi connectivity index (χ1) is 14.0. The fourth-order valence-corrected chi connectivity index (χ4v) is 3.14. The number of nitrogens with one attached hydrogen (secondary N) is 2. The molecule has 2 N–H and O–H groups in total. The molecule has 1 heterocycles. The Morgan fingerprint density at radius 2 is 1.93 bits per heavy atom. The number of halogens is 2. The van der Waals surface area contributed by atoms with Gasteiger partial charge in [-0.15, -0.1) is 0 Å². The van der Waals surface area contributed by atoms with E-state index in [2.05, 4.69) is 20.3 Å². The van der Waals surface area contributed by atoms with Gasteiger partial charge in [0.25, 0.3) is 0 Å². The van der Waals surface area contributed by atoms with E-state index < -0.39 is 21.9 Å². The van der Waals surface area contributed by atoms with E-state index in [1.54, 1.807) is 31.6 Å². The molecule has 0 unspecified atom stereocenters. The highest BCUT2D eigenvalue weighted by molar-refractivity contribution is 7.85. The number of nitriles is 1. The minimum absolute atomic E-state index is 0.0190. The van der Waals surface area contributed by atoms with Gasteiger partial charge in [0.15, 0.2) is 5.75 Å². The summed E-state index contributed by atoms with van der Waals surface area (Å²) < 4.78 is 31.0. The molecular formula is C16H17Cl2N7O4S. The average molecular weight is 474 g/mol. The number of rotatable bonds is 7. The molecule has 0 atom stereocenters. The van der Waals surface area contributed by atoms with E-state index in [-0.39, 0.29) is 34.5 Å². The minimum Gasteiger partial charge on any atom is -0.365 e. The van der Waals surface area contributed by atoms with Crippen LogP contribution in [0.1, 0.15) is 20.8 Å². The number of carbonyl (C=O) groups is 1. The van der Waals surface area contributed by atoms with Gasteiger partial charge in [0.2, 0.25) is 17.2 Å². The van der Waals surface area contributed by atoms with Gasteiger partial charge in [-0.25, -0.2) is 9.52 Å². The molecule has 11 nitrogen and oxygen atoms in total. The van der Waals surface area contributed by atoms with Crippen molar-refractivity contribution in [2.24, 2.45) is 0 Å². The summed E-state index contributed by atoms with van der Waals surface area (Å²) >= 11 is 11.8. The first-order valence-electron chi connectivity index (χ1n) is 8.35. The maximum atomic E-state index is 12.5. The Kier molecular flexibility index (Phi) is 7.25. The first-order valence-corrected chi connectivity index (χ1v) is 10.5. The second-order valence-corrected chi connectivity index (χ2v) is 8.23. The smallest absolute Gasteiger partial charge is 0.365 e. The molecular weight excluding hydrogens is 457 g/mol. The van der Waals surface area contributed by atoms with Crippen LogP contribution in [-0.2, 0) is 10.3 Å². The number of hydrogen-bond donors (Lipinski definition) is 2. The van der Waals surface area contributed by atoms with Crippen LogP contribution in [-0.4, -0.2) is 41.5 Å². The zero-order valence-corrected chi connectivity index (χ0v) is 18.4. The summed E-state index contributed by atoms with van der Waals surface area (Å²) in [6.07, 6.45) is 0. The average Bonchev–Trinajstić information content (AvgIpc) is 2.63. The Bertz CT molecular complexity index is 1090. The van der Waals surface area contributed by atoms with E-state index in [9.17, 15) is 13.2 Å². The van der Waals surface area contributed by atoms with Crippen molar-refractivity contribution >= 4 is 51.4 Å². The lowest BCUT2D eigenvalue weighted by Crippen LogP contribution is -2.45. The Hall–Kier alpha value is -2.88. The zero-order valence-electron chi connectivity index (χ0n) is 16.0. The van der Waals surface area contributed by atoms with E-state index in [1.807, 2.05) is 6.07 Å². The van der Waals surface area contributed by atoms with E-state index in [0.717, 1.165) is 4.90 Å². The summed E-state index contributed by atoms with van der Waals surface area (Å²) in [5.74, 6) is -0.465.